The lowest BCUT2D eigenvalue weighted by molar-refractivity contribution is -0.136. The Hall–Kier alpha value is -2.91. The molecule has 0 radical (unpaired) electrons. The van der Waals surface area contributed by atoms with Crippen molar-refractivity contribution in [2.45, 2.75) is 50.3 Å². The highest BCUT2D eigenvalue weighted by molar-refractivity contribution is 7.89. The third-order valence-corrected chi connectivity index (χ3v) is 5.81. The molecule has 0 aromatic heterocycles. The number of carboxylic acid groups (broad SMARTS) is 1. The topological polar surface area (TPSA) is 122 Å². The van der Waals surface area contributed by atoms with E-state index in [-0.39, 0.29) is 16.9 Å². The minimum Gasteiger partial charge on any atom is -0.494 e. The monoisotopic (exact) mass is 448 g/mol. The Labute approximate surface area is 182 Å². The SMILES string of the molecule is CCCCCCOc1ccc(C(=O)NNS(=O)(=O)c2ccc(CCC(=O)O)cc2)cc1. The second-order valence-electron chi connectivity index (χ2n) is 7.03. The minimum absolute atomic E-state index is 0.0386. The Morgan fingerprint density at radius 2 is 1.65 bits per heavy atom. The second-order valence-corrected chi connectivity index (χ2v) is 8.71. The van der Waals surface area contributed by atoms with Gasteiger partial charge in [-0.2, -0.15) is 0 Å². The van der Waals surface area contributed by atoms with Crippen LogP contribution in [-0.4, -0.2) is 32.0 Å². The number of amides is 1. The van der Waals surface area contributed by atoms with Crippen LogP contribution in [0.25, 0.3) is 0 Å². The first kappa shape index (κ1) is 24.4. The molecule has 0 bridgehead atoms. The van der Waals surface area contributed by atoms with Crippen molar-refractivity contribution in [1.82, 2.24) is 10.3 Å². The number of hydrazine groups is 1. The van der Waals surface area contributed by atoms with Gasteiger partial charge in [-0.05, 0) is 54.8 Å². The van der Waals surface area contributed by atoms with Gasteiger partial charge in [-0.3, -0.25) is 15.0 Å². The summed E-state index contributed by atoms with van der Waals surface area (Å²) in [7, 11) is -3.96. The van der Waals surface area contributed by atoms with Crippen molar-refractivity contribution in [2.75, 3.05) is 6.61 Å². The summed E-state index contributed by atoms with van der Waals surface area (Å²) in [5.74, 6) is -0.875. The molecule has 31 heavy (non-hydrogen) atoms. The molecule has 8 nitrogen and oxygen atoms in total. The van der Waals surface area contributed by atoms with Gasteiger partial charge < -0.3 is 9.84 Å². The third kappa shape index (κ3) is 8.39. The molecule has 0 aliphatic rings. The molecular weight excluding hydrogens is 420 g/mol. The zero-order valence-corrected chi connectivity index (χ0v) is 18.3. The maximum atomic E-state index is 12.4. The molecule has 0 spiro atoms. The first-order chi connectivity index (χ1) is 14.8. The van der Waals surface area contributed by atoms with Gasteiger partial charge in [-0.25, -0.2) is 8.42 Å². The average molecular weight is 449 g/mol. The van der Waals surface area contributed by atoms with E-state index in [1.807, 2.05) is 0 Å². The standard InChI is InChI=1S/C22H28N2O6S/c1-2-3-4-5-16-30-19-11-9-18(10-12-19)22(27)23-24-31(28,29)20-13-6-17(7-14-20)8-15-21(25)26/h6-7,9-14,24H,2-5,8,15-16H2,1H3,(H,23,27)(H,25,26). The molecule has 0 saturated carbocycles. The van der Waals surface area contributed by atoms with Crippen LogP contribution in [-0.2, 0) is 21.2 Å². The molecule has 0 unspecified atom stereocenters. The fourth-order valence-electron chi connectivity index (χ4n) is 2.75. The van der Waals surface area contributed by atoms with Crippen molar-refractivity contribution in [3.63, 3.8) is 0 Å². The van der Waals surface area contributed by atoms with E-state index in [1.165, 1.54) is 18.6 Å². The lowest BCUT2D eigenvalue weighted by Gasteiger charge is -2.10. The zero-order valence-electron chi connectivity index (χ0n) is 17.5. The lowest BCUT2D eigenvalue weighted by Crippen LogP contribution is -2.41. The van der Waals surface area contributed by atoms with Gasteiger partial charge in [0.2, 0.25) is 0 Å². The summed E-state index contributed by atoms with van der Waals surface area (Å²) in [6, 6.07) is 12.2. The largest absolute Gasteiger partial charge is 0.494 e. The van der Waals surface area contributed by atoms with Gasteiger partial charge >= 0.3 is 5.97 Å². The van der Waals surface area contributed by atoms with E-state index in [0.717, 1.165) is 19.3 Å². The van der Waals surface area contributed by atoms with Crippen molar-refractivity contribution >= 4 is 21.9 Å². The summed E-state index contributed by atoms with van der Waals surface area (Å²) in [6.07, 6.45) is 4.68. The van der Waals surface area contributed by atoms with Crippen LogP contribution in [0.4, 0.5) is 0 Å². The van der Waals surface area contributed by atoms with Crippen LogP contribution in [0.1, 0.15) is 54.9 Å². The second kappa shape index (κ2) is 12.1. The van der Waals surface area contributed by atoms with Crippen molar-refractivity contribution in [3.8, 4) is 5.75 Å². The Morgan fingerprint density at radius 1 is 0.968 bits per heavy atom. The number of benzene rings is 2. The predicted octanol–water partition coefficient (Wildman–Crippen LogP) is 3.29. The zero-order chi connectivity index (χ0) is 22.7. The molecule has 2 rings (SSSR count). The molecule has 1 amide bonds. The predicted molar refractivity (Wildman–Crippen MR) is 116 cm³/mol. The van der Waals surface area contributed by atoms with E-state index in [9.17, 15) is 18.0 Å². The Bertz CT molecular complexity index is 957. The molecule has 2 aromatic rings. The Balaban J connectivity index is 1.85. The number of aliphatic carboxylic acids is 1. The number of carbonyl (C=O) groups is 2. The fraction of sp³-hybridized carbons (Fsp3) is 0.364. The van der Waals surface area contributed by atoms with Crippen molar-refractivity contribution in [2.24, 2.45) is 0 Å². The van der Waals surface area contributed by atoms with Gasteiger partial charge in [0, 0.05) is 12.0 Å². The molecule has 0 aliphatic carbocycles. The Morgan fingerprint density at radius 3 is 2.26 bits per heavy atom. The van der Waals surface area contributed by atoms with E-state index >= 15 is 0 Å². The van der Waals surface area contributed by atoms with E-state index in [2.05, 4.69) is 17.2 Å². The van der Waals surface area contributed by atoms with Crippen LogP contribution < -0.4 is 15.0 Å². The molecule has 0 aliphatic heterocycles. The van der Waals surface area contributed by atoms with E-state index in [4.69, 9.17) is 9.84 Å². The highest BCUT2D eigenvalue weighted by Gasteiger charge is 2.16. The molecule has 0 fully saturated rings. The molecule has 0 atom stereocenters. The summed E-state index contributed by atoms with van der Waals surface area (Å²) in [6.45, 7) is 2.76. The summed E-state index contributed by atoms with van der Waals surface area (Å²) in [4.78, 5) is 24.9. The maximum absolute atomic E-state index is 12.4. The lowest BCUT2D eigenvalue weighted by atomic mass is 10.1. The van der Waals surface area contributed by atoms with Crippen LogP contribution in [0.5, 0.6) is 5.75 Å². The average Bonchev–Trinajstić information content (AvgIpc) is 2.76. The summed E-state index contributed by atoms with van der Waals surface area (Å²) >= 11 is 0. The highest BCUT2D eigenvalue weighted by atomic mass is 32.2. The molecule has 168 valence electrons. The van der Waals surface area contributed by atoms with Crippen LogP contribution in [0.3, 0.4) is 0 Å². The van der Waals surface area contributed by atoms with Gasteiger partial charge in [0.25, 0.3) is 15.9 Å². The van der Waals surface area contributed by atoms with Crippen LogP contribution in [0.15, 0.2) is 53.4 Å². The molecule has 2 aromatic carbocycles. The first-order valence-electron chi connectivity index (χ1n) is 10.2. The van der Waals surface area contributed by atoms with Crippen LogP contribution in [0.2, 0.25) is 0 Å². The summed E-state index contributed by atoms with van der Waals surface area (Å²) in [5.41, 5.74) is 3.17. The molecule has 0 saturated heterocycles. The number of nitrogens with one attached hydrogen (secondary N) is 2. The number of aryl methyl sites for hydroxylation is 1. The van der Waals surface area contributed by atoms with Gasteiger partial charge in [0.05, 0.1) is 11.5 Å². The van der Waals surface area contributed by atoms with E-state index in [0.29, 0.717) is 24.3 Å². The molecule has 0 heterocycles. The number of sulfonamides is 1. The number of hydrogen-bond donors (Lipinski definition) is 3. The van der Waals surface area contributed by atoms with E-state index in [1.54, 1.807) is 36.4 Å². The van der Waals surface area contributed by atoms with Gasteiger partial charge in [-0.15, -0.1) is 4.83 Å². The maximum Gasteiger partial charge on any atom is 0.303 e. The highest BCUT2D eigenvalue weighted by Crippen LogP contribution is 2.14. The van der Waals surface area contributed by atoms with Crippen LogP contribution >= 0.6 is 0 Å². The van der Waals surface area contributed by atoms with Crippen molar-refractivity contribution in [1.29, 1.82) is 0 Å². The number of rotatable bonds is 13. The number of hydrogen-bond acceptors (Lipinski definition) is 5. The minimum atomic E-state index is -3.96. The number of carbonyl (C=O) groups excluding carboxylic acids is 1. The molecule has 3 N–H and O–H groups in total. The summed E-state index contributed by atoms with van der Waals surface area (Å²) in [5, 5.41) is 8.70. The third-order valence-electron chi connectivity index (χ3n) is 4.54. The fourth-order valence-corrected chi connectivity index (χ4v) is 3.59. The summed E-state index contributed by atoms with van der Waals surface area (Å²) < 4.78 is 30.3. The molecular formula is C22H28N2O6S. The van der Waals surface area contributed by atoms with Gasteiger partial charge in [-0.1, -0.05) is 38.3 Å². The number of ether oxygens (including phenoxy) is 1. The van der Waals surface area contributed by atoms with Crippen LogP contribution in [0, 0.1) is 0 Å². The van der Waals surface area contributed by atoms with Crippen molar-refractivity contribution in [3.05, 3.63) is 59.7 Å². The van der Waals surface area contributed by atoms with E-state index < -0.39 is 21.9 Å². The number of carboxylic acids is 1. The van der Waals surface area contributed by atoms with Gasteiger partial charge in [0.15, 0.2) is 0 Å². The Kier molecular flexibility index (Phi) is 9.48. The quantitative estimate of drug-likeness (QED) is 0.319. The van der Waals surface area contributed by atoms with Crippen molar-refractivity contribution < 1.29 is 27.9 Å². The van der Waals surface area contributed by atoms with Gasteiger partial charge in [0.1, 0.15) is 5.75 Å². The first-order valence-corrected chi connectivity index (χ1v) is 11.7. The smallest absolute Gasteiger partial charge is 0.303 e. The normalized spacial score (nSPS) is 11.1. The molecule has 9 heteroatoms. The number of unbranched alkanes of at least 4 members (excludes halogenated alkanes) is 3.